The Morgan fingerprint density at radius 2 is 1.78 bits per heavy atom. The molecule has 3 aliphatic rings. The molecule has 41 heavy (non-hydrogen) atoms. The average Bonchev–Trinajstić information content (AvgIpc) is 2.95. The lowest BCUT2D eigenvalue weighted by molar-refractivity contribution is 0.00368. The van der Waals surface area contributed by atoms with E-state index in [1.165, 1.54) is 5.57 Å². The minimum absolute atomic E-state index is 0.00243. The molecule has 0 amide bonds. The largest absolute Gasteiger partial charge is 0.486 e. The number of pyridine rings is 2. The summed E-state index contributed by atoms with van der Waals surface area (Å²) < 4.78 is 8.54. The predicted molar refractivity (Wildman–Crippen MR) is 169 cm³/mol. The van der Waals surface area contributed by atoms with Gasteiger partial charge in [0, 0.05) is 43.6 Å². The summed E-state index contributed by atoms with van der Waals surface area (Å²) in [6.45, 7) is 6.71. The van der Waals surface area contributed by atoms with E-state index >= 15 is 0 Å². The summed E-state index contributed by atoms with van der Waals surface area (Å²) in [6, 6.07) is 26.2. The van der Waals surface area contributed by atoms with E-state index in [-0.39, 0.29) is 22.1 Å². The van der Waals surface area contributed by atoms with Crippen LogP contribution in [0.4, 0.5) is 0 Å². The van der Waals surface area contributed by atoms with Crippen molar-refractivity contribution in [3.63, 3.8) is 0 Å². The zero-order valence-corrected chi connectivity index (χ0v) is 24.7. The predicted octanol–water partition coefficient (Wildman–Crippen LogP) is 8.80. The van der Waals surface area contributed by atoms with E-state index < -0.39 is 5.60 Å². The van der Waals surface area contributed by atoms with Crippen molar-refractivity contribution in [1.82, 2.24) is 9.55 Å². The number of thioether (sulfide) groups is 1. The number of halogens is 1. The Kier molecular flexibility index (Phi) is 5.37. The highest BCUT2D eigenvalue weighted by Gasteiger charge is 2.55. The number of aromatic nitrogens is 2. The summed E-state index contributed by atoms with van der Waals surface area (Å²) in [5, 5.41) is 3.75. The number of para-hydroxylation sites is 2. The third-order valence-electron chi connectivity index (χ3n) is 9.34. The number of rotatable bonds is 1. The van der Waals surface area contributed by atoms with Gasteiger partial charge in [-0.05, 0) is 81.7 Å². The van der Waals surface area contributed by atoms with Crippen molar-refractivity contribution >= 4 is 51.2 Å². The summed E-state index contributed by atoms with van der Waals surface area (Å²) in [6.07, 6.45) is 4.28. The van der Waals surface area contributed by atoms with E-state index in [0.717, 1.165) is 62.2 Å². The van der Waals surface area contributed by atoms with E-state index in [0.29, 0.717) is 5.02 Å². The molecule has 3 unspecified atom stereocenters. The number of hydrogen-bond acceptors (Lipinski definition) is 4. The quantitative estimate of drug-likeness (QED) is 0.200. The third-order valence-corrected chi connectivity index (χ3v) is 11.0. The second-order valence-electron chi connectivity index (χ2n) is 12.2. The summed E-state index contributed by atoms with van der Waals surface area (Å²) in [5.74, 6) is 0.833. The van der Waals surface area contributed by atoms with E-state index in [1.54, 1.807) is 0 Å². The molecule has 0 spiro atoms. The molecule has 204 valence electrons. The molecule has 2 aliphatic heterocycles. The molecular weight excluding hydrogens is 548 g/mol. The first-order valence-electron chi connectivity index (χ1n) is 14.2. The fourth-order valence-corrected chi connectivity index (χ4v) is 8.84. The zero-order chi connectivity index (χ0) is 28.1. The lowest BCUT2D eigenvalue weighted by Gasteiger charge is -2.53. The summed E-state index contributed by atoms with van der Waals surface area (Å²) >= 11 is 8.13. The molecule has 2 aromatic heterocycles. The lowest BCUT2D eigenvalue weighted by Crippen LogP contribution is -2.52. The van der Waals surface area contributed by atoms with E-state index in [1.807, 2.05) is 83.1 Å². The molecular formula is C35H29ClN2O2S. The maximum Gasteiger partial charge on any atom is 0.263 e. The van der Waals surface area contributed by atoms with Crippen LogP contribution in [-0.2, 0) is 0 Å². The first kappa shape index (κ1) is 25.2. The molecule has 8 rings (SSSR count). The summed E-state index contributed by atoms with van der Waals surface area (Å²) in [5.41, 5.74) is 5.38. The van der Waals surface area contributed by atoms with Crippen molar-refractivity contribution in [3.8, 4) is 11.4 Å². The second kappa shape index (κ2) is 8.73. The Morgan fingerprint density at radius 3 is 2.61 bits per heavy atom. The minimum atomic E-state index is -0.433. The number of fused-ring (bicyclic) bond motifs is 9. The van der Waals surface area contributed by atoms with Crippen LogP contribution in [0.5, 0.6) is 5.75 Å². The standard InChI is InChI=1S/C35H29ClN2O2S/c1-34(2)25-15-16-35(3)26(18-21-17-20-13-14-22(36)19-27(20)37-32(21)41-35)29(25)30-31(40-34)24-11-7-8-12-28(24)38(33(30)39)23-9-5-4-6-10-23/h4-14,17-19,25,29H,15-16H2,1-3H3. The molecule has 4 nitrogen and oxygen atoms in total. The first-order valence-corrected chi connectivity index (χ1v) is 15.4. The van der Waals surface area contributed by atoms with Crippen LogP contribution in [0.25, 0.3) is 33.6 Å². The molecule has 0 bridgehead atoms. The van der Waals surface area contributed by atoms with E-state index in [9.17, 15) is 4.79 Å². The van der Waals surface area contributed by atoms with Crippen molar-refractivity contribution in [1.29, 1.82) is 0 Å². The molecule has 1 fully saturated rings. The van der Waals surface area contributed by atoms with Crippen molar-refractivity contribution < 1.29 is 4.74 Å². The highest BCUT2D eigenvalue weighted by molar-refractivity contribution is 8.01. The van der Waals surface area contributed by atoms with Gasteiger partial charge in [0.1, 0.15) is 16.4 Å². The molecule has 4 heterocycles. The maximum absolute atomic E-state index is 14.7. The van der Waals surface area contributed by atoms with Crippen molar-refractivity contribution in [3.05, 3.63) is 111 Å². The lowest BCUT2D eigenvalue weighted by atomic mass is 9.61. The fraction of sp³-hybridized carbons (Fsp3) is 0.257. The fourth-order valence-electron chi connectivity index (χ4n) is 7.34. The van der Waals surface area contributed by atoms with Crippen LogP contribution in [-0.4, -0.2) is 19.9 Å². The van der Waals surface area contributed by atoms with Gasteiger partial charge >= 0.3 is 0 Å². The van der Waals surface area contributed by atoms with Crippen molar-refractivity contribution in [2.45, 2.75) is 54.9 Å². The SMILES string of the molecule is CC12CCC3C(C1=Cc1cc4ccc(Cl)cc4nc1S2)c1c(c2ccccc2n(-c2ccccc2)c1=O)OC3(C)C. The molecule has 3 atom stereocenters. The van der Waals surface area contributed by atoms with Crippen LogP contribution >= 0.6 is 23.4 Å². The van der Waals surface area contributed by atoms with Crippen LogP contribution in [0.3, 0.4) is 0 Å². The molecule has 0 N–H and O–H groups in total. The van der Waals surface area contributed by atoms with Crippen LogP contribution < -0.4 is 10.3 Å². The Hall–Kier alpha value is -3.54. The first-order chi connectivity index (χ1) is 19.7. The molecule has 1 aliphatic carbocycles. The normalized spacial score (nSPS) is 24.0. The molecule has 3 aromatic carbocycles. The number of ether oxygens (including phenoxy) is 1. The molecule has 0 radical (unpaired) electrons. The maximum atomic E-state index is 14.7. The van der Waals surface area contributed by atoms with E-state index in [4.69, 9.17) is 21.3 Å². The molecule has 5 aromatic rings. The van der Waals surface area contributed by atoms with Gasteiger partial charge in [0.25, 0.3) is 5.56 Å². The van der Waals surface area contributed by atoms with Gasteiger partial charge in [-0.3, -0.25) is 9.36 Å². The van der Waals surface area contributed by atoms with Crippen molar-refractivity contribution in [2.24, 2.45) is 5.92 Å². The molecule has 0 saturated heterocycles. The van der Waals surface area contributed by atoms with Gasteiger partial charge in [0.05, 0.1) is 16.6 Å². The summed E-state index contributed by atoms with van der Waals surface area (Å²) in [7, 11) is 0. The van der Waals surface area contributed by atoms with Gasteiger partial charge in [0.15, 0.2) is 0 Å². The monoisotopic (exact) mass is 576 g/mol. The van der Waals surface area contributed by atoms with E-state index in [2.05, 4.69) is 39.0 Å². The number of hydrogen-bond donors (Lipinski definition) is 0. The van der Waals surface area contributed by atoms with Crippen LogP contribution in [0.15, 0.2) is 94.3 Å². The second-order valence-corrected chi connectivity index (χ2v) is 14.1. The smallest absolute Gasteiger partial charge is 0.263 e. The van der Waals surface area contributed by atoms with Gasteiger partial charge in [-0.25, -0.2) is 4.98 Å². The van der Waals surface area contributed by atoms with Crippen LogP contribution in [0.2, 0.25) is 5.02 Å². The highest BCUT2D eigenvalue weighted by Crippen LogP contribution is 2.62. The van der Waals surface area contributed by atoms with Gasteiger partial charge in [-0.15, -0.1) is 0 Å². The Balaban J connectivity index is 1.43. The Labute approximate surface area is 248 Å². The van der Waals surface area contributed by atoms with Crippen molar-refractivity contribution in [2.75, 3.05) is 0 Å². The Morgan fingerprint density at radius 1 is 1.00 bits per heavy atom. The third kappa shape index (κ3) is 3.68. The minimum Gasteiger partial charge on any atom is -0.486 e. The van der Waals surface area contributed by atoms with Gasteiger partial charge in [-0.1, -0.05) is 65.8 Å². The number of nitrogens with zero attached hydrogens (tertiary/aromatic N) is 2. The van der Waals surface area contributed by atoms with Crippen LogP contribution in [0.1, 0.15) is 50.7 Å². The van der Waals surface area contributed by atoms with Gasteiger partial charge in [-0.2, -0.15) is 0 Å². The molecule has 1 saturated carbocycles. The van der Waals surface area contributed by atoms with Gasteiger partial charge < -0.3 is 4.74 Å². The zero-order valence-electron chi connectivity index (χ0n) is 23.1. The van der Waals surface area contributed by atoms with Gasteiger partial charge in [0.2, 0.25) is 0 Å². The van der Waals surface area contributed by atoms with Crippen LogP contribution in [0, 0.1) is 5.92 Å². The number of benzene rings is 3. The Bertz CT molecular complexity index is 2000. The summed E-state index contributed by atoms with van der Waals surface area (Å²) in [4.78, 5) is 19.8. The average molecular weight is 577 g/mol. The highest BCUT2D eigenvalue weighted by atomic mass is 35.5. The topological polar surface area (TPSA) is 44.1 Å². The molecule has 6 heteroatoms.